The topological polar surface area (TPSA) is 15.8 Å². The first-order valence-electron chi connectivity index (χ1n) is 3.83. The van der Waals surface area contributed by atoms with Crippen LogP contribution in [0.4, 0.5) is 17.6 Å². The third kappa shape index (κ3) is 1.34. The van der Waals surface area contributed by atoms with Crippen molar-refractivity contribution in [2.45, 2.75) is 6.18 Å². The van der Waals surface area contributed by atoms with Gasteiger partial charge in [-0.15, -0.1) is 0 Å². The maximum atomic E-state index is 13.0. The predicted octanol–water partition coefficient (Wildman–Crippen LogP) is 3.33. The summed E-state index contributed by atoms with van der Waals surface area (Å²) in [5, 5.41) is 0.220. The van der Waals surface area contributed by atoms with Crippen molar-refractivity contribution in [3.8, 4) is 0 Å². The average molecular weight is 203 g/mol. The second-order valence-corrected chi connectivity index (χ2v) is 2.88. The first-order valence-corrected chi connectivity index (χ1v) is 3.83. The van der Waals surface area contributed by atoms with Crippen LogP contribution in [0.2, 0.25) is 0 Å². The van der Waals surface area contributed by atoms with Crippen LogP contribution in [-0.2, 0) is 6.18 Å². The standard InChI is InChI=1S/C9H5F4N/c10-6-3-1-2-5-4-7(9(11,12)13)14-8(5)6/h1-4,14H. The Kier molecular flexibility index (Phi) is 1.77. The molecule has 74 valence electrons. The molecule has 0 atom stereocenters. The van der Waals surface area contributed by atoms with E-state index in [1.54, 1.807) is 0 Å². The van der Waals surface area contributed by atoms with Gasteiger partial charge in [-0.05, 0) is 12.1 Å². The van der Waals surface area contributed by atoms with Gasteiger partial charge in [0.25, 0.3) is 0 Å². The molecular weight excluding hydrogens is 198 g/mol. The zero-order chi connectivity index (χ0) is 10.3. The molecule has 1 aromatic carbocycles. The smallest absolute Gasteiger partial charge is 0.349 e. The number of fused-ring (bicyclic) bond motifs is 1. The molecule has 5 heteroatoms. The molecule has 2 aromatic rings. The van der Waals surface area contributed by atoms with Crippen molar-refractivity contribution in [2.24, 2.45) is 0 Å². The molecule has 0 unspecified atom stereocenters. The Morgan fingerprint density at radius 3 is 2.43 bits per heavy atom. The highest BCUT2D eigenvalue weighted by Crippen LogP contribution is 2.31. The Hall–Kier alpha value is -1.52. The lowest BCUT2D eigenvalue weighted by atomic mass is 10.2. The van der Waals surface area contributed by atoms with Crippen molar-refractivity contribution in [1.82, 2.24) is 4.98 Å². The number of para-hydroxylation sites is 1. The van der Waals surface area contributed by atoms with E-state index in [1.165, 1.54) is 12.1 Å². The fourth-order valence-corrected chi connectivity index (χ4v) is 1.27. The van der Waals surface area contributed by atoms with Crippen LogP contribution in [0.1, 0.15) is 5.69 Å². The first kappa shape index (κ1) is 9.05. The zero-order valence-corrected chi connectivity index (χ0v) is 6.82. The molecule has 0 aliphatic rings. The minimum absolute atomic E-state index is 0.111. The molecule has 0 fully saturated rings. The summed E-state index contributed by atoms with van der Waals surface area (Å²) >= 11 is 0. The minimum Gasteiger partial charge on any atom is -0.349 e. The van der Waals surface area contributed by atoms with E-state index in [0.717, 1.165) is 12.1 Å². The van der Waals surface area contributed by atoms with Gasteiger partial charge in [-0.25, -0.2) is 4.39 Å². The third-order valence-electron chi connectivity index (χ3n) is 1.91. The molecule has 1 aromatic heterocycles. The molecule has 1 heterocycles. The number of aromatic nitrogens is 1. The Morgan fingerprint density at radius 2 is 1.86 bits per heavy atom. The number of hydrogen-bond acceptors (Lipinski definition) is 0. The molecule has 14 heavy (non-hydrogen) atoms. The molecular formula is C9H5F4N. The van der Waals surface area contributed by atoms with Crippen molar-refractivity contribution in [3.63, 3.8) is 0 Å². The summed E-state index contributed by atoms with van der Waals surface area (Å²) in [4.78, 5) is 2.00. The lowest BCUT2D eigenvalue weighted by Crippen LogP contribution is -2.04. The number of H-pyrrole nitrogens is 1. The fourth-order valence-electron chi connectivity index (χ4n) is 1.27. The van der Waals surface area contributed by atoms with Crippen LogP contribution in [0.3, 0.4) is 0 Å². The lowest BCUT2D eigenvalue weighted by molar-refractivity contribution is -0.140. The van der Waals surface area contributed by atoms with E-state index >= 15 is 0 Å². The normalized spacial score (nSPS) is 12.3. The lowest BCUT2D eigenvalue weighted by Gasteiger charge is -2.00. The van der Waals surface area contributed by atoms with Gasteiger partial charge in [0.1, 0.15) is 11.5 Å². The maximum absolute atomic E-state index is 13.0. The number of rotatable bonds is 0. The van der Waals surface area contributed by atoms with Crippen LogP contribution in [0.5, 0.6) is 0 Å². The van der Waals surface area contributed by atoms with Gasteiger partial charge in [0.2, 0.25) is 0 Å². The average Bonchev–Trinajstić information content (AvgIpc) is 2.48. The molecule has 0 radical (unpaired) electrons. The number of halogens is 4. The summed E-state index contributed by atoms with van der Waals surface area (Å²) < 4.78 is 49.6. The van der Waals surface area contributed by atoms with Gasteiger partial charge >= 0.3 is 6.18 Å². The highest BCUT2D eigenvalue weighted by Gasteiger charge is 2.32. The molecule has 0 aliphatic heterocycles. The van der Waals surface area contributed by atoms with Crippen LogP contribution in [0, 0.1) is 5.82 Å². The summed E-state index contributed by atoms with van der Waals surface area (Å²) in [6.07, 6.45) is -4.47. The van der Waals surface area contributed by atoms with Crippen molar-refractivity contribution in [2.75, 3.05) is 0 Å². The Bertz CT molecular complexity index is 469. The molecule has 1 nitrogen and oxygen atoms in total. The maximum Gasteiger partial charge on any atom is 0.431 e. The van der Waals surface area contributed by atoms with Crippen LogP contribution in [0.15, 0.2) is 24.3 Å². The number of aromatic amines is 1. The number of alkyl halides is 3. The first-order chi connectivity index (χ1) is 6.48. The van der Waals surface area contributed by atoms with Crippen molar-refractivity contribution in [1.29, 1.82) is 0 Å². The Morgan fingerprint density at radius 1 is 1.14 bits per heavy atom. The monoisotopic (exact) mass is 203 g/mol. The second kappa shape index (κ2) is 2.73. The molecule has 0 aliphatic carbocycles. The summed E-state index contributed by atoms with van der Waals surface area (Å²) in [5.74, 6) is -0.682. The molecule has 0 bridgehead atoms. The number of hydrogen-bond donors (Lipinski definition) is 1. The highest BCUT2D eigenvalue weighted by molar-refractivity contribution is 5.81. The van der Waals surface area contributed by atoms with Gasteiger partial charge in [0.05, 0.1) is 5.52 Å². The van der Waals surface area contributed by atoms with Crippen molar-refractivity contribution >= 4 is 10.9 Å². The Labute approximate surface area is 76.3 Å². The van der Waals surface area contributed by atoms with Gasteiger partial charge in [-0.1, -0.05) is 12.1 Å². The van der Waals surface area contributed by atoms with E-state index in [-0.39, 0.29) is 10.9 Å². The second-order valence-electron chi connectivity index (χ2n) is 2.88. The molecule has 0 amide bonds. The zero-order valence-electron chi connectivity index (χ0n) is 6.82. The highest BCUT2D eigenvalue weighted by atomic mass is 19.4. The van der Waals surface area contributed by atoms with Crippen molar-refractivity contribution < 1.29 is 17.6 Å². The number of nitrogens with one attached hydrogen (secondary N) is 1. The van der Waals surface area contributed by atoms with E-state index < -0.39 is 17.7 Å². The summed E-state index contributed by atoms with van der Waals surface area (Å²) in [6.45, 7) is 0. The predicted molar refractivity (Wildman–Crippen MR) is 43.3 cm³/mol. The quantitative estimate of drug-likeness (QED) is 0.632. The van der Waals surface area contributed by atoms with E-state index in [1.807, 2.05) is 4.98 Å². The van der Waals surface area contributed by atoms with Gasteiger partial charge in [0.15, 0.2) is 0 Å². The fraction of sp³-hybridized carbons (Fsp3) is 0.111. The van der Waals surface area contributed by atoms with E-state index in [2.05, 4.69) is 0 Å². The minimum atomic E-state index is -4.47. The third-order valence-corrected chi connectivity index (χ3v) is 1.91. The molecule has 1 N–H and O–H groups in total. The van der Waals surface area contributed by atoms with Gasteiger partial charge in [-0.2, -0.15) is 13.2 Å². The van der Waals surface area contributed by atoms with Crippen molar-refractivity contribution in [3.05, 3.63) is 35.8 Å². The van der Waals surface area contributed by atoms with Crippen LogP contribution in [0.25, 0.3) is 10.9 Å². The largest absolute Gasteiger partial charge is 0.431 e. The van der Waals surface area contributed by atoms with Gasteiger partial charge in [-0.3, -0.25) is 0 Å². The number of benzene rings is 1. The summed E-state index contributed by atoms with van der Waals surface area (Å²) in [7, 11) is 0. The van der Waals surface area contributed by atoms with Gasteiger partial charge < -0.3 is 4.98 Å². The van der Waals surface area contributed by atoms with Crippen LogP contribution < -0.4 is 0 Å². The SMILES string of the molecule is Fc1cccc2cc(C(F)(F)F)[nH]c12. The van der Waals surface area contributed by atoms with E-state index in [9.17, 15) is 17.6 Å². The molecule has 0 saturated heterocycles. The Balaban J connectivity index is 2.69. The van der Waals surface area contributed by atoms with E-state index in [0.29, 0.717) is 0 Å². The summed E-state index contributed by atoms with van der Waals surface area (Å²) in [6, 6.07) is 4.78. The molecule has 0 saturated carbocycles. The van der Waals surface area contributed by atoms with Gasteiger partial charge in [0, 0.05) is 5.39 Å². The summed E-state index contributed by atoms with van der Waals surface area (Å²) in [5.41, 5.74) is -1.04. The molecule has 0 spiro atoms. The molecule has 2 rings (SSSR count). The van der Waals surface area contributed by atoms with Crippen LogP contribution in [-0.4, -0.2) is 4.98 Å². The van der Waals surface area contributed by atoms with Crippen LogP contribution >= 0.6 is 0 Å². The van der Waals surface area contributed by atoms with E-state index in [4.69, 9.17) is 0 Å².